The normalized spacial score (nSPS) is 13.4. The summed E-state index contributed by atoms with van der Waals surface area (Å²) >= 11 is 3.46. The summed E-state index contributed by atoms with van der Waals surface area (Å²) in [5.74, 6) is -0.248. The van der Waals surface area contributed by atoms with E-state index in [1.807, 2.05) is 24.3 Å². The van der Waals surface area contributed by atoms with Crippen LogP contribution in [0.15, 0.2) is 88.4 Å². The number of hydrogen-bond acceptors (Lipinski definition) is 6. The highest BCUT2D eigenvalue weighted by molar-refractivity contribution is 9.10. The number of aromatic nitrogens is 1. The van der Waals surface area contributed by atoms with Gasteiger partial charge in [0.15, 0.2) is 9.84 Å². The predicted octanol–water partition coefficient (Wildman–Crippen LogP) is 4.02. The number of carbonyl (C=O) groups is 1. The summed E-state index contributed by atoms with van der Waals surface area (Å²) in [7, 11) is -3.54. The van der Waals surface area contributed by atoms with Crippen molar-refractivity contribution < 1.29 is 13.2 Å². The van der Waals surface area contributed by atoms with Crippen LogP contribution in [0.5, 0.6) is 0 Å². The van der Waals surface area contributed by atoms with Crippen molar-refractivity contribution in [3.63, 3.8) is 0 Å². The average Bonchev–Trinajstić information content (AvgIpc) is 2.78. The van der Waals surface area contributed by atoms with E-state index in [2.05, 4.69) is 26.2 Å². The summed E-state index contributed by atoms with van der Waals surface area (Å²) in [6.07, 6.45) is 2.77. The summed E-state index contributed by atoms with van der Waals surface area (Å²) < 4.78 is 25.7. The molecule has 0 aliphatic rings. The third-order valence-electron chi connectivity index (χ3n) is 5.72. The first kappa shape index (κ1) is 23.7. The van der Waals surface area contributed by atoms with Gasteiger partial charge < -0.3 is 16.8 Å². The second-order valence-corrected chi connectivity index (χ2v) is 11.0. The van der Waals surface area contributed by atoms with Crippen molar-refractivity contribution in [2.24, 2.45) is 5.73 Å². The summed E-state index contributed by atoms with van der Waals surface area (Å²) in [6.45, 7) is 0. The van der Waals surface area contributed by atoms with Crippen LogP contribution in [0.25, 0.3) is 10.8 Å². The lowest BCUT2D eigenvalue weighted by Gasteiger charge is -2.34. The molecule has 1 aromatic heterocycles. The van der Waals surface area contributed by atoms with Gasteiger partial charge in [-0.15, -0.1) is 0 Å². The number of primary amides is 1. The summed E-state index contributed by atoms with van der Waals surface area (Å²) in [4.78, 5) is 17.4. The quantitative estimate of drug-likeness (QED) is 0.326. The van der Waals surface area contributed by atoms with Crippen LogP contribution in [0, 0.1) is 0 Å². The maximum Gasteiger partial charge on any atom is 0.248 e. The van der Waals surface area contributed by atoms with Gasteiger partial charge in [0.25, 0.3) is 0 Å². The summed E-state index contributed by atoms with van der Waals surface area (Å²) in [5, 5.41) is 4.94. The number of pyridine rings is 1. The number of nitrogens with zero attached hydrogens (tertiary/aromatic N) is 1. The Kier molecular flexibility index (Phi) is 6.33. The molecule has 7 nitrogen and oxygen atoms in total. The SMILES string of the molecule is CS(=O)(=O)c1ccccc1C[C@](Nc1ccc2c(N)nccc2c1)(C(N)=O)c1cccc(Br)c1. The van der Waals surface area contributed by atoms with E-state index in [1.54, 1.807) is 48.7 Å². The van der Waals surface area contributed by atoms with Crippen molar-refractivity contribution in [3.05, 3.63) is 94.6 Å². The van der Waals surface area contributed by atoms with E-state index < -0.39 is 21.3 Å². The zero-order valence-corrected chi connectivity index (χ0v) is 20.7. The fraction of sp³-hybridized carbons (Fsp3) is 0.120. The lowest BCUT2D eigenvalue weighted by molar-refractivity contribution is -0.122. The van der Waals surface area contributed by atoms with Gasteiger partial charge in [0, 0.05) is 34.4 Å². The first-order valence-corrected chi connectivity index (χ1v) is 13.0. The molecule has 0 unspecified atom stereocenters. The second kappa shape index (κ2) is 9.08. The number of carbonyl (C=O) groups excluding carboxylic acids is 1. The van der Waals surface area contributed by atoms with Crippen LogP contribution in [0.1, 0.15) is 11.1 Å². The van der Waals surface area contributed by atoms with Crippen molar-refractivity contribution in [2.75, 3.05) is 17.3 Å². The average molecular weight is 539 g/mol. The minimum atomic E-state index is -3.54. The highest BCUT2D eigenvalue weighted by Gasteiger charge is 2.40. The maximum atomic E-state index is 13.2. The first-order chi connectivity index (χ1) is 16.1. The van der Waals surface area contributed by atoms with Crippen LogP contribution in [-0.4, -0.2) is 25.6 Å². The van der Waals surface area contributed by atoms with Gasteiger partial charge in [0.2, 0.25) is 5.91 Å². The molecule has 5 N–H and O–H groups in total. The van der Waals surface area contributed by atoms with Gasteiger partial charge in [0.05, 0.1) is 4.90 Å². The third kappa shape index (κ3) is 4.62. The number of rotatable bonds is 7. The fourth-order valence-electron chi connectivity index (χ4n) is 4.09. The molecule has 9 heteroatoms. The van der Waals surface area contributed by atoms with Gasteiger partial charge in [-0.3, -0.25) is 4.79 Å². The van der Waals surface area contributed by atoms with Crippen LogP contribution in [0.2, 0.25) is 0 Å². The molecule has 0 radical (unpaired) electrons. The number of benzene rings is 3. The number of nitrogens with one attached hydrogen (secondary N) is 1. The number of nitrogens with two attached hydrogens (primary N) is 2. The van der Waals surface area contributed by atoms with Crippen LogP contribution < -0.4 is 16.8 Å². The van der Waals surface area contributed by atoms with Gasteiger partial charge in [-0.2, -0.15) is 0 Å². The van der Waals surface area contributed by atoms with Crippen molar-refractivity contribution in [1.82, 2.24) is 4.98 Å². The molecular formula is C25H23BrN4O3S. The molecule has 1 atom stereocenters. The van der Waals surface area contributed by atoms with E-state index in [-0.39, 0.29) is 11.3 Å². The van der Waals surface area contributed by atoms with E-state index in [0.29, 0.717) is 22.6 Å². The monoisotopic (exact) mass is 538 g/mol. The topological polar surface area (TPSA) is 128 Å². The molecule has 4 rings (SSSR count). The molecule has 174 valence electrons. The Morgan fingerprint density at radius 1 is 1.06 bits per heavy atom. The Bertz CT molecular complexity index is 1510. The number of halogens is 1. The Hall–Kier alpha value is -3.43. The Morgan fingerprint density at radius 2 is 1.82 bits per heavy atom. The molecule has 3 aromatic carbocycles. The second-order valence-electron chi connectivity index (χ2n) is 8.09. The van der Waals surface area contributed by atoms with Crippen LogP contribution in [0.3, 0.4) is 0 Å². The van der Waals surface area contributed by atoms with Gasteiger partial charge in [-0.05, 0) is 59.0 Å². The summed E-state index contributed by atoms with van der Waals surface area (Å²) in [6, 6.07) is 21.1. The number of nitrogen functional groups attached to an aromatic ring is 1. The van der Waals surface area contributed by atoms with Gasteiger partial charge in [-0.25, -0.2) is 13.4 Å². The van der Waals surface area contributed by atoms with Crippen molar-refractivity contribution in [2.45, 2.75) is 16.9 Å². The smallest absolute Gasteiger partial charge is 0.248 e. The zero-order chi connectivity index (χ0) is 24.5. The Balaban J connectivity index is 1.91. The third-order valence-corrected chi connectivity index (χ3v) is 7.41. The molecule has 0 saturated heterocycles. The molecule has 0 bridgehead atoms. The van der Waals surface area contributed by atoms with Crippen LogP contribution in [0.4, 0.5) is 11.5 Å². The molecule has 0 aliphatic heterocycles. The standard InChI is InChI=1S/C25H23BrN4O3S/c1-34(32,33)22-8-3-2-5-17(22)15-25(24(28)31,18-6-4-7-19(26)14-18)30-20-9-10-21-16(13-20)11-12-29-23(21)27/h2-14,30H,15H2,1H3,(H2,27,29)(H2,28,31)/t25-/m1/s1. The molecule has 0 spiro atoms. The van der Waals surface area contributed by atoms with Gasteiger partial charge >= 0.3 is 0 Å². The summed E-state index contributed by atoms with van der Waals surface area (Å²) in [5.41, 5.74) is 12.3. The first-order valence-electron chi connectivity index (χ1n) is 10.4. The molecule has 1 amide bonds. The van der Waals surface area contributed by atoms with E-state index in [9.17, 15) is 13.2 Å². The number of sulfone groups is 1. The largest absolute Gasteiger partial charge is 0.383 e. The van der Waals surface area contributed by atoms with Crippen molar-refractivity contribution in [1.29, 1.82) is 0 Å². The lowest BCUT2D eigenvalue weighted by Crippen LogP contribution is -2.49. The number of hydrogen-bond donors (Lipinski definition) is 3. The zero-order valence-electron chi connectivity index (χ0n) is 18.3. The molecular weight excluding hydrogens is 516 g/mol. The molecule has 0 saturated carbocycles. The van der Waals surface area contributed by atoms with Gasteiger partial charge in [-0.1, -0.05) is 46.3 Å². The lowest BCUT2D eigenvalue weighted by atomic mass is 9.82. The predicted molar refractivity (Wildman–Crippen MR) is 138 cm³/mol. The van der Waals surface area contributed by atoms with Crippen LogP contribution in [-0.2, 0) is 26.6 Å². The fourth-order valence-corrected chi connectivity index (χ4v) is 5.43. The van der Waals surface area contributed by atoms with Gasteiger partial charge in [0.1, 0.15) is 11.4 Å². The van der Waals surface area contributed by atoms with E-state index in [0.717, 1.165) is 21.5 Å². The molecule has 34 heavy (non-hydrogen) atoms. The number of amides is 1. The molecule has 0 fully saturated rings. The van der Waals surface area contributed by atoms with Crippen LogP contribution >= 0.6 is 15.9 Å². The Labute approximate surface area is 206 Å². The minimum Gasteiger partial charge on any atom is -0.383 e. The van der Waals surface area contributed by atoms with Crippen molar-refractivity contribution >= 4 is 54.0 Å². The van der Waals surface area contributed by atoms with E-state index in [4.69, 9.17) is 11.5 Å². The maximum absolute atomic E-state index is 13.2. The molecule has 1 heterocycles. The Morgan fingerprint density at radius 3 is 2.53 bits per heavy atom. The number of anilines is 2. The van der Waals surface area contributed by atoms with Crippen molar-refractivity contribution in [3.8, 4) is 0 Å². The van der Waals surface area contributed by atoms with E-state index >= 15 is 0 Å². The van der Waals surface area contributed by atoms with E-state index in [1.165, 1.54) is 6.07 Å². The molecule has 4 aromatic rings. The highest BCUT2D eigenvalue weighted by atomic mass is 79.9. The minimum absolute atomic E-state index is 0.0125. The highest BCUT2D eigenvalue weighted by Crippen LogP contribution is 2.35. The molecule has 0 aliphatic carbocycles. The number of fused-ring (bicyclic) bond motifs is 1.